The van der Waals surface area contributed by atoms with Crippen molar-refractivity contribution in [2.24, 2.45) is 11.8 Å². The Morgan fingerprint density at radius 2 is 0.855 bits per heavy atom. The number of rotatable bonds is 8. The molecule has 284 valence electrons. The number of halogens is 4. The van der Waals surface area contributed by atoms with Crippen LogP contribution in [0, 0.1) is 61.1 Å². The monoisotopic (exact) mass is 782 g/mol. The molecule has 6 aromatic carbocycles. The molecule has 0 spiro atoms. The molecule has 0 bridgehead atoms. The Hall–Kier alpha value is -5.05. The van der Waals surface area contributed by atoms with Gasteiger partial charge >= 0.3 is 21.7 Å². The van der Waals surface area contributed by atoms with Gasteiger partial charge < -0.3 is 9.80 Å². The molecule has 0 fully saturated rings. The normalized spacial score (nSPS) is 10.1. The van der Waals surface area contributed by atoms with Gasteiger partial charge in [0.15, 0.2) is 0 Å². The molecule has 6 rings (SSSR count). The molecule has 0 atom stereocenters. The number of benzene rings is 4. The Balaban J connectivity index is 0.000000298. The van der Waals surface area contributed by atoms with E-state index >= 15 is 0 Å². The average molecular weight is 783 g/mol. The topological polar surface area (TPSA) is 40.6 Å². The van der Waals surface area contributed by atoms with Crippen molar-refractivity contribution in [3.63, 3.8) is 0 Å². The van der Waals surface area contributed by atoms with E-state index in [-0.39, 0.29) is 56.7 Å². The van der Waals surface area contributed by atoms with E-state index in [0.717, 1.165) is 23.3 Å². The zero-order valence-corrected chi connectivity index (χ0v) is 33.6. The summed E-state index contributed by atoms with van der Waals surface area (Å²) in [4.78, 5) is 28.0. The number of aryl methyl sites for hydroxylation is 2. The molecule has 55 heavy (non-hydrogen) atoms. The predicted octanol–water partition coefficient (Wildman–Crippen LogP) is 11.6. The maximum absolute atomic E-state index is 14.0. The molecule has 0 radical (unpaired) electrons. The SMILES string of the molecule is Cc1ccc(C(=O)N(CC(C)C)c2ccc(F)[c-]c2F)cc1.Cc1ccc(C(=O)N(CC(C)C)c2ccc(F)[c-]c2F)cc1.[Ti+4].c1cc[cH-]c1.c1cc[cH-]c1. The summed E-state index contributed by atoms with van der Waals surface area (Å²) in [7, 11) is 0. The summed E-state index contributed by atoms with van der Waals surface area (Å²) in [5.41, 5.74) is 3.09. The molecule has 0 unspecified atom stereocenters. The van der Waals surface area contributed by atoms with Crippen LogP contribution in [0.3, 0.4) is 0 Å². The smallest absolute Gasteiger partial charge is 0.359 e. The van der Waals surface area contributed by atoms with Crippen molar-refractivity contribution in [2.45, 2.75) is 41.5 Å². The van der Waals surface area contributed by atoms with E-state index in [9.17, 15) is 27.2 Å². The number of carbonyl (C=O) groups is 2. The first-order valence-corrected chi connectivity index (χ1v) is 17.6. The van der Waals surface area contributed by atoms with Crippen LogP contribution in [0.25, 0.3) is 0 Å². The fourth-order valence-corrected chi connectivity index (χ4v) is 4.95. The maximum Gasteiger partial charge on any atom is 4.00 e. The van der Waals surface area contributed by atoms with Gasteiger partial charge in [-0.1, -0.05) is 63.1 Å². The molecule has 6 aromatic rings. The second-order valence-electron chi connectivity index (χ2n) is 13.3. The van der Waals surface area contributed by atoms with Gasteiger partial charge in [0.05, 0.1) is 0 Å². The third-order valence-electron chi connectivity index (χ3n) is 7.56. The van der Waals surface area contributed by atoms with Crippen LogP contribution in [0.15, 0.2) is 133 Å². The summed E-state index contributed by atoms with van der Waals surface area (Å²) in [6, 6.07) is 42.8. The summed E-state index contributed by atoms with van der Waals surface area (Å²) < 4.78 is 54.1. The summed E-state index contributed by atoms with van der Waals surface area (Å²) in [6.07, 6.45) is 0. The maximum atomic E-state index is 14.0. The van der Waals surface area contributed by atoms with E-state index in [0.29, 0.717) is 24.2 Å². The Morgan fingerprint density at radius 3 is 1.09 bits per heavy atom. The number of carbonyl (C=O) groups excluding carboxylic acids is 2. The van der Waals surface area contributed by atoms with Crippen LogP contribution >= 0.6 is 0 Å². The van der Waals surface area contributed by atoms with Crippen LogP contribution in [0.5, 0.6) is 0 Å². The van der Waals surface area contributed by atoms with Gasteiger partial charge in [-0.3, -0.25) is 9.59 Å². The number of nitrogens with zero attached hydrogens (tertiary/aromatic N) is 2. The first kappa shape index (κ1) is 46.1. The molecule has 9 heteroatoms. The molecule has 0 aromatic heterocycles. The molecule has 2 amide bonds. The molecule has 4 nitrogen and oxygen atoms in total. The predicted molar refractivity (Wildman–Crippen MR) is 210 cm³/mol. The number of amides is 2. The molecule has 0 saturated heterocycles. The second kappa shape index (κ2) is 23.7. The minimum atomic E-state index is -0.860. The minimum Gasteiger partial charge on any atom is -0.359 e. The van der Waals surface area contributed by atoms with Crippen molar-refractivity contribution in [1.82, 2.24) is 0 Å². The van der Waals surface area contributed by atoms with E-state index in [1.165, 1.54) is 21.9 Å². The first-order valence-electron chi connectivity index (χ1n) is 17.6. The van der Waals surface area contributed by atoms with Crippen LogP contribution in [0.1, 0.15) is 59.5 Å². The standard InChI is InChI=1S/2C18H18F2NO.2C5H5.Ti/c2*1-12(2)11-21(17-9-8-15(19)10-16(17)20)18(22)14-6-4-13(3)5-7-14;2*1-2-4-5-3-1;/h2*4-9,12H,11H2,1-3H3;2*1-5H;/q4*-1;+4. The Morgan fingerprint density at radius 1 is 0.545 bits per heavy atom. The van der Waals surface area contributed by atoms with E-state index in [1.807, 2.05) is 139 Å². The Kier molecular flexibility index (Phi) is 19.8. The van der Waals surface area contributed by atoms with Crippen LogP contribution < -0.4 is 9.80 Å². The van der Waals surface area contributed by atoms with Crippen molar-refractivity contribution < 1.29 is 48.9 Å². The Labute approximate surface area is 338 Å². The van der Waals surface area contributed by atoms with Crippen molar-refractivity contribution in [1.29, 1.82) is 0 Å². The fraction of sp³-hybridized carbons (Fsp3) is 0.217. The largest absolute Gasteiger partial charge is 4.00 e. The average Bonchev–Trinajstić information content (AvgIpc) is 3.91. The number of hydrogen-bond donors (Lipinski definition) is 0. The summed E-state index contributed by atoms with van der Waals surface area (Å²) >= 11 is 0. The number of anilines is 2. The van der Waals surface area contributed by atoms with Crippen LogP contribution in [-0.2, 0) is 21.7 Å². The van der Waals surface area contributed by atoms with Gasteiger partial charge in [-0.25, -0.2) is 41.8 Å². The van der Waals surface area contributed by atoms with Crippen molar-refractivity contribution >= 4 is 23.2 Å². The van der Waals surface area contributed by atoms with Crippen molar-refractivity contribution in [3.05, 3.63) is 191 Å². The summed E-state index contributed by atoms with van der Waals surface area (Å²) in [5.74, 6) is -3.64. The first-order chi connectivity index (χ1) is 25.8. The quantitative estimate of drug-likeness (QED) is 0.0876. The van der Waals surface area contributed by atoms with Crippen LogP contribution in [0.4, 0.5) is 28.9 Å². The molecular weight excluding hydrogens is 736 g/mol. The molecular formula is C46H46F4N2O2Ti. The zero-order chi connectivity index (χ0) is 39.6. The molecule has 0 saturated carbocycles. The molecule has 0 heterocycles. The minimum absolute atomic E-state index is 0. The third kappa shape index (κ3) is 15.7. The van der Waals surface area contributed by atoms with Gasteiger partial charge in [0, 0.05) is 47.5 Å². The fourth-order valence-electron chi connectivity index (χ4n) is 4.95. The Bertz CT molecular complexity index is 1800. The van der Waals surface area contributed by atoms with E-state index in [4.69, 9.17) is 0 Å². The van der Waals surface area contributed by atoms with Gasteiger partial charge in [-0.15, -0.1) is 36.4 Å². The summed E-state index contributed by atoms with van der Waals surface area (Å²) in [6.45, 7) is 12.2. The van der Waals surface area contributed by atoms with E-state index in [2.05, 4.69) is 0 Å². The van der Waals surface area contributed by atoms with Gasteiger partial charge in [0.25, 0.3) is 0 Å². The third-order valence-corrected chi connectivity index (χ3v) is 7.56. The number of hydrogen-bond acceptors (Lipinski definition) is 2. The second-order valence-corrected chi connectivity index (χ2v) is 13.3. The molecule has 0 aliphatic rings. The summed E-state index contributed by atoms with van der Waals surface area (Å²) in [5, 5.41) is 0. The van der Waals surface area contributed by atoms with Crippen molar-refractivity contribution in [3.8, 4) is 0 Å². The van der Waals surface area contributed by atoms with Crippen molar-refractivity contribution in [2.75, 3.05) is 22.9 Å². The molecule has 0 aliphatic heterocycles. The van der Waals surface area contributed by atoms with E-state index in [1.54, 1.807) is 24.3 Å². The van der Waals surface area contributed by atoms with Gasteiger partial charge in [-0.2, -0.15) is 36.4 Å². The van der Waals surface area contributed by atoms with Crippen LogP contribution in [-0.4, -0.2) is 24.9 Å². The van der Waals surface area contributed by atoms with Gasteiger partial charge in [0.1, 0.15) is 0 Å². The van der Waals surface area contributed by atoms with Gasteiger partial charge in [0.2, 0.25) is 11.8 Å². The molecule has 0 aliphatic carbocycles. The zero-order valence-electron chi connectivity index (χ0n) is 32.0. The molecule has 0 N–H and O–H groups in total. The van der Waals surface area contributed by atoms with E-state index < -0.39 is 23.3 Å². The van der Waals surface area contributed by atoms with Crippen LogP contribution in [0.2, 0.25) is 0 Å². The van der Waals surface area contributed by atoms with Gasteiger partial charge in [-0.05, 0) is 61.3 Å².